The number of fused-ring (bicyclic) bond motifs is 1. The van der Waals surface area contributed by atoms with Crippen LogP contribution in [0.1, 0.15) is 18.4 Å². The van der Waals surface area contributed by atoms with Crippen molar-refractivity contribution in [2.24, 2.45) is 0 Å². The third kappa shape index (κ3) is 2.23. The van der Waals surface area contributed by atoms with Crippen LogP contribution in [0.4, 0.5) is 5.82 Å². The number of nitrogens with zero attached hydrogens (tertiary/aromatic N) is 4. The monoisotopic (exact) mass is 299 g/mol. The molecule has 1 saturated carbocycles. The van der Waals surface area contributed by atoms with Gasteiger partial charge in [0.05, 0.1) is 22.3 Å². The molecular weight excluding hydrogens is 286 g/mol. The van der Waals surface area contributed by atoms with Crippen LogP contribution in [-0.4, -0.2) is 25.8 Å². The predicted molar refractivity (Wildman–Crippen MR) is 83.1 cm³/mol. The van der Waals surface area contributed by atoms with Crippen molar-refractivity contribution < 1.29 is 0 Å². The van der Waals surface area contributed by atoms with Gasteiger partial charge in [-0.1, -0.05) is 17.7 Å². The van der Waals surface area contributed by atoms with Gasteiger partial charge in [0, 0.05) is 6.04 Å². The largest absolute Gasteiger partial charge is 0.367 e. The Labute approximate surface area is 127 Å². The van der Waals surface area contributed by atoms with Gasteiger partial charge < -0.3 is 5.32 Å². The Balaban J connectivity index is 1.87. The van der Waals surface area contributed by atoms with Crippen molar-refractivity contribution >= 4 is 28.5 Å². The van der Waals surface area contributed by atoms with E-state index in [1.165, 1.54) is 12.8 Å². The minimum atomic E-state index is 0.536. The van der Waals surface area contributed by atoms with E-state index in [1.807, 2.05) is 25.1 Å². The molecule has 0 radical (unpaired) electrons. The third-order valence-electron chi connectivity index (χ3n) is 3.61. The molecule has 1 aliphatic carbocycles. The van der Waals surface area contributed by atoms with Gasteiger partial charge in [0.25, 0.3) is 0 Å². The highest BCUT2D eigenvalue weighted by atomic mass is 35.5. The lowest BCUT2D eigenvalue weighted by Crippen LogP contribution is -2.04. The molecule has 5 nitrogen and oxygen atoms in total. The summed E-state index contributed by atoms with van der Waals surface area (Å²) < 4.78 is 1.77. The number of benzene rings is 1. The number of nitrogens with one attached hydrogen (secondary N) is 1. The highest BCUT2D eigenvalue weighted by Crippen LogP contribution is 2.29. The van der Waals surface area contributed by atoms with E-state index in [1.54, 1.807) is 17.2 Å². The Kier molecular flexibility index (Phi) is 2.82. The van der Waals surface area contributed by atoms with Gasteiger partial charge in [-0.15, -0.1) is 0 Å². The van der Waals surface area contributed by atoms with E-state index in [4.69, 9.17) is 11.6 Å². The summed E-state index contributed by atoms with van der Waals surface area (Å²) in [6.45, 7) is 2.03. The van der Waals surface area contributed by atoms with E-state index in [-0.39, 0.29) is 0 Å². The van der Waals surface area contributed by atoms with Crippen molar-refractivity contribution in [1.82, 2.24) is 19.7 Å². The second kappa shape index (κ2) is 4.70. The standard InChI is InChI=1S/C15H14ClN5/c1-9-2-5-12(16)13(6-9)21-15-11(7-19-21)14(17-8-18-15)20-10-3-4-10/h2,5-8,10H,3-4H2,1H3,(H,17,18,20). The lowest BCUT2D eigenvalue weighted by Gasteiger charge is -2.07. The molecule has 1 N–H and O–H groups in total. The molecular formula is C15H14ClN5. The molecule has 0 saturated heterocycles. The molecule has 1 fully saturated rings. The van der Waals surface area contributed by atoms with Gasteiger partial charge in [-0.05, 0) is 37.5 Å². The molecule has 0 atom stereocenters. The Morgan fingerprint density at radius 2 is 2.14 bits per heavy atom. The molecule has 4 rings (SSSR count). The van der Waals surface area contributed by atoms with Crippen LogP contribution in [0.15, 0.2) is 30.7 Å². The first-order valence-corrected chi connectivity index (χ1v) is 7.32. The van der Waals surface area contributed by atoms with Crippen LogP contribution in [0.5, 0.6) is 0 Å². The van der Waals surface area contributed by atoms with Gasteiger partial charge in [-0.25, -0.2) is 14.6 Å². The maximum Gasteiger partial charge on any atom is 0.168 e. The molecule has 0 amide bonds. The van der Waals surface area contributed by atoms with Crippen LogP contribution in [0.2, 0.25) is 5.02 Å². The maximum absolute atomic E-state index is 6.30. The zero-order valence-electron chi connectivity index (χ0n) is 11.5. The SMILES string of the molecule is Cc1ccc(Cl)c(-n2ncc3c(NC4CC4)ncnc32)c1. The first kappa shape index (κ1) is 12.6. The summed E-state index contributed by atoms with van der Waals surface area (Å²) in [5.41, 5.74) is 2.73. The van der Waals surface area contributed by atoms with Crippen molar-refractivity contribution in [1.29, 1.82) is 0 Å². The molecule has 6 heteroatoms. The topological polar surface area (TPSA) is 55.6 Å². The van der Waals surface area contributed by atoms with Crippen LogP contribution in [-0.2, 0) is 0 Å². The smallest absolute Gasteiger partial charge is 0.168 e. The number of hydrogen-bond donors (Lipinski definition) is 1. The van der Waals surface area contributed by atoms with Gasteiger partial charge >= 0.3 is 0 Å². The first-order chi connectivity index (χ1) is 10.2. The molecule has 1 aliphatic rings. The van der Waals surface area contributed by atoms with Gasteiger partial charge in [-0.3, -0.25) is 0 Å². The first-order valence-electron chi connectivity index (χ1n) is 6.94. The average Bonchev–Trinajstić information content (AvgIpc) is 3.18. The normalized spacial score (nSPS) is 14.6. The number of aryl methyl sites for hydroxylation is 1. The van der Waals surface area contributed by atoms with Crippen LogP contribution in [0.3, 0.4) is 0 Å². The predicted octanol–water partition coefficient (Wildman–Crippen LogP) is 3.35. The van der Waals surface area contributed by atoms with Crippen molar-refractivity contribution in [2.75, 3.05) is 5.32 Å². The zero-order chi connectivity index (χ0) is 14.4. The molecule has 0 spiro atoms. The quantitative estimate of drug-likeness (QED) is 0.806. The zero-order valence-corrected chi connectivity index (χ0v) is 12.3. The summed E-state index contributed by atoms with van der Waals surface area (Å²) in [7, 11) is 0. The second-order valence-corrected chi connectivity index (χ2v) is 5.80. The average molecular weight is 300 g/mol. The molecule has 106 valence electrons. The van der Waals surface area contributed by atoms with Crippen molar-refractivity contribution in [3.63, 3.8) is 0 Å². The van der Waals surface area contributed by atoms with Gasteiger partial charge in [0.1, 0.15) is 12.1 Å². The minimum absolute atomic E-state index is 0.536. The highest BCUT2D eigenvalue weighted by Gasteiger charge is 2.23. The van der Waals surface area contributed by atoms with Crippen molar-refractivity contribution in [3.8, 4) is 5.69 Å². The van der Waals surface area contributed by atoms with E-state index in [9.17, 15) is 0 Å². The van der Waals surface area contributed by atoms with Crippen molar-refractivity contribution in [3.05, 3.63) is 41.3 Å². The third-order valence-corrected chi connectivity index (χ3v) is 3.93. The number of halogens is 1. The molecule has 21 heavy (non-hydrogen) atoms. The van der Waals surface area contributed by atoms with Crippen LogP contribution in [0, 0.1) is 6.92 Å². The van der Waals surface area contributed by atoms with Gasteiger partial charge in [0.2, 0.25) is 0 Å². The fraction of sp³-hybridized carbons (Fsp3) is 0.267. The Morgan fingerprint density at radius 3 is 2.95 bits per heavy atom. The Hall–Kier alpha value is -2.14. The van der Waals surface area contributed by atoms with E-state index in [2.05, 4.69) is 20.4 Å². The number of aromatic nitrogens is 4. The van der Waals surface area contributed by atoms with Gasteiger partial charge in [0.15, 0.2) is 5.65 Å². The maximum atomic E-state index is 6.30. The molecule has 0 unspecified atom stereocenters. The van der Waals surface area contributed by atoms with E-state index >= 15 is 0 Å². The minimum Gasteiger partial charge on any atom is -0.367 e. The Bertz CT molecular complexity index is 822. The lowest BCUT2D eigenvalue weighted by atomic mass is 10.2. The molecule has 3 aromatic rings. The summed E-state index contributed by atoms with van der Waals surface area (Å²) in [6.07, 6.45) is 5.75. The fourth-order valence-corrected chi connectivity index (χ4v) is 2.54. The summed E-state index contributed by atoms with van der Waals surface area (Å²) in [5, 5.41) is 9.43. The highest BCUT2D eigenvalue weighted by molar-refractivity contribution is 6.32. The number of hydrogen-bond acceptors (Lipinski definition) is 4. The van der Waals surface area contributed by atoms with Crippen molar-refractivity contribution in [2.45, 2.75) is 25.8 Å². The Morgan fingerprint density at radius 1 is 1.29 bits per heavy atom. The lowest BCUT2D eigenvalue weighted by molar-refractivity contribution is 0.893. The number of rotatable bonds is 3. The van der Waals surface area contributed by atoms with E-state index in [0.29, 0.717) is 11.1 Å². The molecule has 0 aliphatic heterocycles. The fourth-order valence-electron chi connectivity index (χ4n) is 2.34. The van der Waals surface area contributed by atoms with Crippen LogP contribution < -0.4 is 5.32 Å². The molecule has 2 heterocycles. The van der Waals surface area contributed by atoms with Crippen LogP contribution in [0.25, 0.3) is 16.7 Å². The molecule has 2 aromatic heterocycles. The molecule has 1 aromatic carbocycles. The molecule has 0 bridgehead atoms. The van der Waals surface area contributed by atoms with E-state index in [0.717, 1.165) is 28.1 Å². The van der Waals surface area contributed by atoms with Gasteiger partial charge in [-0.2, -0.15) is 5.10 Å². The number of anilines is 1. The second-order valence-electron chi connectivity index (χ2n) is 5.39. The summed E-state index contributed by atoms with van der Waals surface area (Å²) in [4.78, 5) is 8.69. The summed E-state index contributed by atoms with van der Waals surface area (Å²) in [5.74, 6) is 0.845. The summed E-state index contributed by atoms with van der Waals surface area (Å²) >= 11 is 6.30. The summed E-state index contributed by atoms with van der Waals surface area (Å²) in [6, 6.07) is 6.40. The van der Waals surface area contributed by atoms with Crippen LogP contribution >= 0.6 is 11.6 Å². The van der Waals surface area contributed by atoms with E-state index < -0.39 is 0 Å².